The summed E-state index contributed by atoms with van der Waals surface area (Å²) in [5, 5.41) is 0. The van der Waals surface area contributed by atoms with Gasteiger partial charge in [0.25, 0.3) is 0 Å². The van der Waals surface area contributed by atoms with E-state index in [1.165, 1.54) is 0 Å². The standard InChI is InChI=1S/C13H27O5P/c1-8(2)13(9(3)4)18-19(14,15)16-7-12-10(5)11(6)17-12/h8-13H,7H2,1-6H3,(H,14,15)/t10?,11?,12-/m1/s1. The first-order valence-electron chi connectivity index (χ1n) is 6.95. The monoisotopic (exact) mass is 294 g/mol. The van der Waals surface area contributed by atoms with Crippen LogP contribution in [-0.4, -0.2) is 29.8 Å². The summed E-state index contributed by atoms with van der Waals surface area (Å²) in [5.74, 6) is 0.650. The quantitative estimate of drug-likeness (QED) is 0.730. The lowest BCUT2D eigenvalue weighted by Gasteiger charge is -2.41. The van der Waals surface area contributed by atoms with Crippen LogP contribution in [0.15, 0.2) is 0 Å². The van der Waals surface area contributed by atoms with Crippen molar-refractivity contribution in [3.05, 3.63) is 0 Å². The number of ether oxygens (including phenoxy) is 1. The Morgan fingerprint density at radius 3 is 2.11 bits per heavy atom. The van der Waals surface area contributed by atoms with Crippen molar-refractivity contribution in [2.75, 3.05) is 6.61 Å². The van der Waals surface area contributed by atoms with Gasteiger partial charge in [-0.1, -0.05) is 34.6 Å². The third-order valence-corrected chi connectivity index (χ3v) is 4.67. The lowest BCUT2D eigenvalue weighted by Crippen LogP contribution is -2.47. The molecule has 0 aromatic rings. The third kappa shape index (κ3) is 4.83. The Balaban J connectivity index is 2.45. The van der Waals surface area contributed by atoms with Crippen LogP contribution in [0.4, 0.5) is 0 Å². The van der Waals surface area contributed by atoms with E-state index in [1.807, 2.05) is 41.5 Å². The van der Waals surface area contributed by atoms with E-state index in [1.54, 1.807) is 0 Å². The molecular formula is C13H27O5P. The second kappa shape index (κ2) is 6.68. The van der Waals surface area contributed by atoms with E-state index < -0.39 is 7.82 Å². The van der Waals surface area contributed by atoms with Gasteiger partial charge in [-0.25, -0.2) is 4.57 Å². The molecule has 1 aliphatic rings. The molecule has 0 amide bonds. The van der Waals surface area contributed by atoms with Crippen molar-refractivity contribution in [3.8, 4) is 0 Å². The minimum atomic E-state index is -4.02. The van der Waals surface area contributed by atoms with Crippen LogP contribution in [0.3, 0.4) is 0 Å². The lowest BCUT2D eigenvalue weighted by molar-refractivity contribution is -0.181. The van der Waals surface area contributed by atoms with E-state index in [0.717, 1.165) is 0 Å². The van der Waals surface area contributed by atoms with Gasteiger partial charge in [-0.05, 0) is 18.8 Å². The van der Waals surface area contributed by atoms with Crippen LogP contribution in [0.1, 0.15) is 41.5 Å². The van der Waals surface area contributed by atoms with Gasteiger partial charge in [-0.3, -0.25) is 9.05 Å². The fourth-order valence-corrected chi connectivity index (χ4v) is 3.48. The highest BCUT2D eigenvalue weighted by Crippen LogP contribution is 2.47. The summed E-state index contributed by atoms with van der Waals surface area (Å²) in [6.07, 6.45) is -0.225. The Hall–Kier alpha value is 0.0700. The highest BCUT2D eigenvalue weighted by atomic mass is 31.2. The molecular weight excluding hydrogens is 267 g/mol. The molecule has 0 spiro atoms. The molecule has 0 radical (unpaired) electrons. The minimum absolute atomic E-state index is 0.0994. The van der Waals surface area contributed by atoms with Crippen LogP contribution in [0.25, 0.3) is 0 Å². The van der Waals surface area contributed by atoms with Gasteiger partial charge in [0.1, 0.15) is 0 Å². The molecule has 6 heteroatoms. The van der Waals surface area contributed by atoms with Gasteiger partial charge in [0, 0.05) is 5.92 Å². The summed E-state index contributed by atoms with van der Waals surface area (Å²) in [7, 11) is -4.02. The molecule has 0 saturated carbocycles. The van der Waals surface area contributed by atoms with Crippen LogP contribution in [0.2, 0.25) is 0 Å². The Morgan fingerprint density at radius 1 is 1.21 bits per heavy atom. The smallest absolute Gasteiger partial charge is 0.372 e. The summed E-state index contributed by atoms with van der Waals surface area (Å²) >= 11 is 0. The van der Waals surface area contributed by atoms with E-state index in [0.29, 0.717) is 5.92 Å². The zero-order chi connectivity index (χ0) is 14.8. The first-order valence-corrected chi connectivity index (χ1v) is 8.44. The molecule has 0 aromatic carbocycles. The zero-order valence-corrected chi connectivity index (χ0v) is 13.6. The lowest BCUT2D eigenvalue weighted by atomic mass is 9.93. The molecule has 5 nitrogen and oxygen atoms in total. The molecule has 114 valence electrons. The summed E-state index contributed by atoms with van der Waals surface area (Å²) in [4.78, 5) is 9.76. The Labute approximate surface area is 116 Å². The van der Waals surface area contributed by atoms with Crippen LogP contribution in [0.5, 0.6) is 0 Å². The molecule has 1 saturated heterocycles. The molecule has 0 aliphatic carbocycles. The third-order valence-electron chi connectivity index (χ3n) is 3.69. The van der Waals surface area contributed by atoms with Gasteiger partial charge < -0.3 is 9.63 Å². The van der Waals surface area contributed by atoms with E-state index in [9.17, 15) is 9.46 Å². The predicted molar refractivity (Wildman–Crippen MR) is 73.8 cm³/mol. The SMILES string of the molecule is CC(C)C(OP(=O)(O)OC[C@H]1OC(C)C1C)C(C)C. The first-order chi connectivity index (χ1) is 8.64. The van der Waals surface area contributed by atoms with Gasteiger partial charge in [0.15, 0.2) is 0 Å². The van der Waals surface area contributed by atoms with E-state index in [-0.39, 0.29) is 36.8 Å². The van der Waals surface area contributed by atoms with Gasteiger partial charge in [0.05, 0.1) is 24.9 Å². The molecule has 1 N–H and O–H groups in total. The highest BCUT2D eigenvalue weighted by molar-refractivity contribution is 7.47. The fraction of sp³-hybridized carbons (Fsp3) is 1.00. The van der Waals surface area contributed by atoms with E-state index in [2.05, 4.69) is 0 Å². The van der Waals surface area contributed by atoms with Crippen molar-refractivity contribution in [2.45, 2.75) is 59.9 Å². The Morgan fingerprint density at radius 2 is 1.74 bits per heavy atom. The molecule has 3 unspecified atom stereocenters. The van der Waals surface area contributed by atoms with E-state index >= 15 is 0 Å². The van der Waals surface area contributed by atoms with Crippen molar-refractivity contribution in [2.24, 2.45) is 17.8 Å². The van der Waals surface area contributed by atoms with Crippen molar-refractivity contribution < 1.29 is 23.2 Å². The van der Waals surface area contributed by atoms with Gasteiger partial charge in [-0.15, -0.1) is 0 Å². The predicted octanol–water partition coefficient (Wildman–Crippen LogP) is 3.22. The van der Waals surface area contributed by atoms with Gasteiger partial charge >= 0.3 is 7.82 Å². The van der Waals surface area contributed by atoms with Crippen molar-refractivity contribution in [3.63, 3.8) is 0 Å². The van der Waals surface area contributed by atoms with Crippen LogP contribution in [-0.2, 0) is 18.3 Å². The fourth-order valence-electron chi connectivity index (χ4n) is 2.29. The molecule has 1 rings (SSSR count). The maximum atomic E-state index is 11.9. The molecule has 19 heavy (non-hydrogen) atoms. The van der Waals surface area contributed by atoms with Crippen molar-refractivity contribution in [1.82, 2.24) is 0 Å². The number of hydrogen-bond donors (Lipinski definition) is 1. The average molecular weight is 294 g/mol. The summed E-state index contributed by atoms with van der Waals surface area (Å²) in [5.41, 5.74) is 0. The van der Waals surface area contributed by atoms with Crippen molar-refractivity contribution >= 4 is 7.82 Å². The van der Waals surface area contributed by atoms with Gasteiger partial charge in [0.2, 0.25) is 0 Å². The number of phosphoric ester groups is 1. The highest BCUT2D eigenvalue weighted by Gasteiger charge is 2.38. The largest absolute Gasteiger partial charge is 0.472 e. The van der Waals surface area contributed by atoms with E-state index in [4.69, 9.17) is 13.8 Å². The average Bonchev–Trinajstić information content (AvgIpc) is 2.30. The number of rotatable bonds is 7. The zero-order valence-electron chi connectivity index (χ0n) is 12.7. The number of hydrogen-bond acceptors (Lipinski definition) is 4. The van der Waals surface area contributed by atoms with Crippen LogP contribution in [0, 0.1) is 17.8 Å². The first kappa shape index (κ1) is 17.1. The van der Waals surface area contributed by atoms with Crippen LogP contribution >= 0.6 is 7.82 Å². The maximum absolute atomic E-state index is 11.9. The molecule has 4 atom stereocenters. The summed E-state index contributed by atoms with van der Waals surface area (Å²) < 4.78 is 27.7. The van der Waals surface area contributed by atoms with Crippen LogP contribution < -0.4 is 0 Å². The summed E-state index contributed by atoms with van der Waals surface area (Å²) in [6.45, 7) is 12.0. The number of phosphoric acid groups is 1. The summed E-state index contributed by atoms with van der Waals surface area (Å²) in [6, 6.07) is 0. The molecule has 0 aromatic heterocycles. The topological polar surface area (TPSA) is 65.0 Å². The normalized spacial score (nSPS) is 30.7. The second-order valence-electron chi connectivity index (χ2n) is 6.06. The maximum Gasteiger partial charge on any atom is 0.472 e. The Kier molecular flexibility index (Phi) is 6.02. The molecule has 0 bridgehead atoms. The Bertz CT molecular complexity index is 323. The minimum Gasteiger partial charge on any atom is -0.372 e. The van der Waals surface area contributed by atoms with Crippen molar-refractivity contribution in [1.29, 1.82) is 0 Å². The molecule has 1 aliphatic heterocycles. The molecule has 1 heterocycles. The van der Waals surface area contributed by atoms with Gasteiger partial charge in [-0.2, -0.15) is 0 Å². The second-order valence-corrected chi connectivity index (χ2v) is 7.47. The molecule has 1 fully saturated rings.